The van der Waals surface area contributed by atoms with E-state index in [0.717, 1.165) is 12.1 Å². The van der Waals surface area contributed by atoms with Crippen LogP contribution in [0.2, 0.25) is 0 Å². The van der Waals surface area contributed by atoms with Crippen molar-refractivity contribution in [2.75, 3.05) is 17.3 Å². The number of hydrogen-bond donors (Lipinski definition) is 1. The van der Waals surface area contributed by atoms with Crippen LogP contribution in [0.15, 0.2) is 71.6 Å². The normalized spacial score (nSPS) is 16.0. The Hall–Kier alpha value is -4.04. The van der Waals surface area contributed by atoms with E-state index in [1.54, 1.807) is 37.3 Å². The summed E-state index contributed by atoms with van der Waals surface area (Å²) in [4.78, 5) is 15.3. The summed E-state index contributed by atoms with van der Waals surface area (Å²) in [5.41, 5.74) is 1.30. The number of nitrogens with one attached hydrogen (secondary N) is 1. The number of nitrogens with zero attached hydrogens (tertiary/aromatic N) is 2. The molecule has 41 heavy (non-hydrogen) atoms. The number of carbonyl (C=O) groups is 1. The second-order valence-electron chi connectivity index (χ2n) is 10.1. The lowest BCUT2D eigenvalue weighted by Crippen LogP contribution is -2.43. The van der Waals surface area contributed by atoms with Crippen molar-refractivity contribution in [2.24, 2.45) is 5.92 Å². The summed E-state index contributed by atoms with van der Waals surface area (Å²) in [6.07, 6.45) is -4.48. The molecule has 0 fully saturated rings. The van der Waals surface area contributed by atoms with E-state index in [1.807, 2.05) is 24.8 Å². The van der Waals surface area contributed by atoms with Crippen molar-refractivity contribution < 1.29 is 31.1 Å². The van der Waals surface area contributed by atoms with Gasteiger partial charge in [0.15, 0.2) is 9.84 Å². The minimum atomic E-state index is -4.44. The molecule has 1 N–H and O–H groups in total. The summed E-state index contributed by atoms with van der Waals surface area (Å²) >= 11 is 0. The molecule has 0 bridgehead atoms. The van der Waals surface area contributed by atoms with Crippen LogP contribution in [0.3, 0.4) is 0 Å². The molecule has 1 unspecified atom stereocenters. The quantitative estimate of drug-likeness (QED) is 0.327. The Labute approximate surface area is 237 Å². The first-order valence-electron chi connectivity index (χ1n) is 13.1. The molecule has 0 saturated heterocycles. The third-order valence-corrected chi connectivity index (χ3v) is 8.84. The Morgan fingerprint density at radius 2 is 1.76 bits per heavy atom. The number of amides is 1. The molecule has 1 aliphatic rings. The topological polar surface area (TPSA) is 99.5 Å². The summed E-state index contributed by atoms with van der Waals surface area (Å²) in [7, 11) is -3.39. The number of anilines is 2. The lowest BCUT2D eigenvalue weighted by Gasteiger charge is -2.41. The predicted octanol–water partition coefficient (Wildman–Crippen LogP) is 6.44. The maximum atomic E-state index is 13.2. The second-order valence-corrected chi connectivity index (χ2v) is 12.4. The van der Waals surface area contributed by atoms with Gasteiger partial charge in [0.2, 0.25) is 0 Å². The van der Waals surface area contributed by atoms with Crippen LogP contribution < -0.4 is 15.0 Å². The molecule has 2 atom stereocenters. The Morgan fingerprint density at radius 3 is 2.32 bits per heavy atom. The first-order chi connectivity index (χ1) is 19.4. The molecule has 1 aliphatic heterocycles. The van der Waals surface area contributed by atoms with E-state index >= 15 is 0 Å². The molecule has 1 amide bonds. The zero-order valence-electron chi connectivity index (χ0n) is 22.8. The SMILES string of the molecule is CCS(=O)(=O)c1ccc([C@H](CC#N)NC(=O)c2ccc3c(c2)OCC(C(C)C)N3c2ccc(C(F)(F)F)cc2)cc1. The fraction of sp³-hybridized carbons (Fsp3) is 0.333. The third kappa shape index (κ3) is 6.49. The summed E-state index contributed by atoms with van der Waals surface area (Å²) < 4.78 is 69.7. The van der Waals surface area contributed by atoms with Gasteiger partial charge in [0.05, 0.1) is 46.5 Å². The van der Waals surface area contributed by atoms with Gasteiger partial charge < -0.3 is 15.0 Å². The maximum absolute atomic E-state index is 13.2. The number of ether oxygens (including phenoxy) is 1. The van der Waals surface area contributed by atoms with Gasteiger partial charge in [-0.1, -0.05) is 32.9 Å². The fourth-order valence-corrected chi connectivity index (χ4v) is 5.57. The largest absolute Gasteiger partial charge is 0.489 e. The van der Waals surface area contributed by atoms with Crippen molar-refractivity contribution >= 4 is 27.1 Å². The smallest absolute Gasteiger partial charge is 0.416 e. The van der Waals surface area contributed by atoms with Crippen LogP contribution in [-0.4, -0.2) is 32.7 Å². The average Bonchev–Trinajstić information content (AvgIpc) is 2.95. The van der Waals surface area contributed by atoms with E-state index in [-0.39, 0.29) is 41.2 Å². The van der Waals surface area contributed by atoms with Crippen LogP contribution in [0.4, 0.5) is 24.5 Å². The number of hydrogen-bond acceptors (Lipinski definition) is 6. The average molecular weight is 586 g/mol. The Balaban J connectivity index is 1.61. The molecule has 4 rings (SSSR count). The van der Waals surface area contributed by atoms with Crippen LogP contribution in [0.25, 0.3) is 0 Å². The van der Waals surface area contributed by atoms with Crippen molar-refractivity contribution in [3.05, 3.63) is 83.4 Å². The number of rotatable bonds is 8. The van der Waals surface area contributed by atoms with Gasteiger partial charge in [0.1, 0.15) is 12.4 Å². The van der Waals surface area contributed by atoms with Gasteiger partial charge in [0, 0.05) is 11.3 Å². The predicted molar refractivity (Wildman–Crippen MR) is 149 cm³/mol. The molecule has 0 spiro atoms. The molecule has 1 heterocycles. The molecule has 0 saturated carbocycles. The lowest BCUT2D eigenvalue weighted by molar-refractivity contribution is -0.137. The maximum Gasteiger partial charge on any atom is 0.416 e. The number of benzene rings is 3. The number of fused-ring (bicyclic) bond motifs is 1. The standard InChI is InChI=1S/C30H30F3N3O4S/c1-4-41(38,39)24-12-5-20(6-13-24)25(15-16-34)35-29(37)21-7-14-26-28(17-21)40-18-27(19(2)3)36(26)23-10-8-22(9-11-23)30(31,32)33/h5-14,17,19,25,27H,4,15,18H2,1-3H3,(H,35,37)/t25-,27?/m0/s1. The molecule has 11 heteroatoms. The van der Waals surface area contributed by atoms with E-state index in [1.165, 1.54) is 24.3 Å². The Kier molecular flexibility index (Phi) is 8.63. The highest BCUT2D eigenvalue weighted by atomic mass is 32.2. The zero-order chi connectivity index (χ0) is 29.9. The minimum absolute atomic E-state index is 0.0369. The Morgan fingerprint density at radius 1 is 1.10 bits per heavy atom. The van der Waals surface area contributed by atoms with Gasteiger partial charge in [0.25, 0.3) is 5.91 Å². The van der Waals surface area contributed by atoms with Crippen LogP contribution in [0, 0.1) is 17.2 Å². The van der Waals surface area contributed by atoms with Crippen molar-refractivity contribution in [3.8, 4) is 11.8 Å². The van der Waals surface area contributed by atoms with Crippen molar-refractivity contribution in [3.63, 3.8) is 0 Å². The molecule has 0 aliphatic carbocycles. The molecular weight excluding hydrogens is 555 g/mol. The van der Waals surface area contributed by atoms with Gasteiger partial charge in [-0.3, -0.25) is 4.79 Å². The molecule has 3 aromatic rings. The second kappa shape index (κ2) is 11.8. The van der Waals surface area contributed by atoms with E-state index in [4.69, 9.17) is 4.74 Å². The van der Waals surface area contributed by atoms with Gasteiger partial charge in [-0.2, -0.15) is 18.4 Å². The lowest BCUT2D eigenvalue weighted by atomic mass is 9.98. The monoisotopic (exact) mass is 585 g/mol. The molecule has 0 aromatic heterocycles. The third-order valence-electron chi connectivity index (χ3n) is 7.09. The van der Waals surface area contributed by atoms with Gasteiger partial charge in [-0.25, -0.2) is 8.42 Å². The number of alkyl halides is 3. The van der Waals surface area contributed by atoms with Crippen molar-refractivity contribution in [2.45, 2.75) is 50.3 Å². The highest BCUT2D eigenvalue weighted by molar-refractivity contribution is 7.91. The fourth-order valence-electron chi connectivity index (χ4n) is 4.69. The zero-order valence-corrected chi connectivity index (χ0v) is 23.6. The Bertz CT molecular complexity index is 1550. The first kappa shape index (κ1) is 29.9. The van der Waals surface area contributed by atoms with E-state index < -0.39 is 33.5 Å². The number of carbonyl (C=O) groups excluding carboxylic acids is 1. The first-order valence-corrected chi connectivity index (χ1v) is 14.7. The van der Waals surface area contributed by atoms with Gasteiger partial charge in [-0.05, 0) is 66.1 Å². The number of nitriles is 1. The molecule has 3 aromatic carbocycles. The van der Waals surface area contributed by atoms with Gasteiger partial charge >= 0.3 is 6.18 Å². The van der Waals surface area contributed by atoms with E-state index in [9.17, 15) is 31.6 Å². The van der Waals surface area contributed by atoms with Crippen molar-refractivity contribution in [1.82, 2.24) is 5.32 Å². The minimum Gasteiger partial charge on any atom is -0.489 e. The van der Waals surface area contributed by atoms with Crippen LogP contribution in [0.1, 0.15) is 54.7 Å². The van der Waals surface area contributed by atoms with Crippen LogP contribution in [-0.2, 0) is 16.0 Å². The summed E-state index contributed by atoms with van der Waals surface area (Å²) in [6.45, 7) is 5.81. The highest BCUT2D eigenvalue weighted by Crippen LogP contribution is 2.42. The van der Waals surface area contributed by atoms with E-state index in [0.29, 0.717) is 22.7 Å². The summed E-state index contributed by atoms with van der Waals surface area (Å²) in [5.74, 6) is 0.00695. The number of sulfone groups is 1. The van der Waals surface area contributed by atoms with Gasteiger partial charge in [-0.15, -0.1) is 0 Å². The summed E-state index contributed by atoms with van der Waals surface area (Å²) in [6, 6.07) is 17.1. The molecule has 0 radical (unpaired) electrons. The van der Waals surface area contributed by atoms with Crippen molar-refractivity contribution in [1.29, 1.82) is 5.26 Å². The van der Waals surface area contributed by atoms with Crippen LogP contribution >= 0.6 is 0 Å². The summed E-state index contributed by atoms with van der Waals surface area (Å²) in [5, 5.41) is 12.2. The highest BCUT2D eigenvalue weighted by Gasteiger charge is 2.34. The van der Waals surface area contributed by atoms with E-state index in [2.05, 4.69) is 5.32 Å². The van der Waals surface area contributed by atoms with Crippen LogP contribution in [0.5, 0.6) is 5.75 Å². The number of halogens is 3. The molecule has 7 nitrogen and oxygen atoms in total. The molecule has 216 valence electrons. The molecular formula is C30H30F3N3O4S.